The topological polar surface area (TPSA) is 17.1 Å². The molecule has 1 fully saturated rings. The van der Waals surface area contributed by atoms with Gasteiger partial charge in [-0.25, -0.2) is 0 Å². The molecule has 0 aromatic heterocycles. The average molecular weight is 443 g/mol. The van der Waals surface area contributed by atoms with Gasteiger partial charge in [-0.15, -0.1) is 23.5 Å². The van der Waals surface area contributed by atoms with E-state index in [1.165, 1.54) is 22.3 Å². The maximum atomic E-state index is 9.97. The second-order valence-corrected chi connectivity index (χ2v) is 9.51. The summed E-state index contributed by atoms with van der Waals surface area (Å²) >= 11 is 3.47. The van der Waals surface area contributed by atoms with Crippen LogP contribution in [0.3, 0.4) is 0 Å². The zero-order valence-corrected chi connectivity index (χ0v) is 19.0. The molecule has 0 N–H and O–H groups in total. The van der Waals surface area contributed by atoms with Crippen LogP contribution < -0.4 is 0 Å². The Kier molecular flexibility index (Phi) is 10.0. The van der Waals surface area contributed by atoms with E-state index in [4.69, 9.17) is 0 Å². The molecule has 0 radical (unpaired) electrons. The molecule has 4 aromatic rings. The molecule has 0 aliphatic carbocycles. The molecule has 31 heavy (non-hydrogen) atoms. The lowest BCUT2D eigenvalue weighted by molar-refractivity contribution is -0.106. The van der Waals surface area contributed by atoms with E-state index in [2.05, 4.69) is 97.1 Å². The first-order valence-corrected chi connectivity index (χ1v) is 12.4. The standard InChI is InChI=1S/2C12H10.C4H6OS2/c2*1-3-7-11(8-4-1)12-9-5-2-6-10-12;5-3-4-6-1-2-7-4/h2*1-10H;3-4H,1-2H2. The minimum Gasteiger partial charge on any atom is -0.301 e. The summed E-state index contributed by atoms with van der Waals surface area (Å²) in [5.41, 5.74) is 5.10. The van der Waals surface area contributed by atoms with Gasteiger partial charge in [0, 0.05) is 11.5 Å². The molecule has 1 saturated heterocycles. The van der Waals surface area contributed by atoms with E-state index in [9.17, 15) is 4.79 Å². The van der Waals surface area contributed by atoms with Gasteiger partial charge in [-0.3, -0.25) is 0 Å². The van der Waals surface area contributed by atoms with Gasteiger partial charge in [0.25, 0.3) is 0 Å². The molecule has 1 nitrogen and oxygen atoms in total. The SMILES string of the molecule is O=CC1SCCS1.c1ccc(-c2ccccc2)cc1.c1ccc(-c2ccccc2)cc1. The Labute approximate surface area is 193 Å². The van der Waals surface area contributed by atoms with Crippen molar-refractivity contribution in [3.05, 3.63) is 121 Å². The van der Waals surface area contributed by atoms with Gasteiger partial charge in [-0.1, -0.05) is 121 Å². The molecular formula is C28H26OS2. The molecule has 1 heterocycles. The molecule has 0 bridgehead atoms. The zero-order valence-electron chi connectivity index (χ0n) is 17.3. The largest absolute Gasteiger partial charge is 0.301 e. The van der Waals surface area contributed by atoms with Crippen molar-refractivity contribution in [2.45, 2.75) is 4.58 Å². The third-order valence-corrected chi connectivity index (χ3v) is 7.35. The van der Waals surface area contributed by atoms with Crippen molar-refractivity contribution in [3.8, 4) is 22.3 Å². The van der Waals surface area contributed by atoms with Crippen LogP contribution in [0.1, 0.15) is 0 Å². The summed E-state index contributed by atoms with van der Waals surface area (Å²) in [6.45, 7) is 0. The smallest absolute Gasteiger partial charge is 0.142 e. The molecule has 156 valence electrons. The van der Waals surface area contributed by atoms with Crippen molar-refractivity contribution in [1.29, 1.82) is 0 Å². The maximum absolute atomic E-state index is 9.97. The number of aldehydes is 1. The van der Waals surface area contributed by atoms with Gasteiger partial charge in [0.05, 0.1) is 0 Å². The van der Waals surface area contributed by atoms with Crippen molar-refractivity contribution >= 4 is 29.8 Å². The van der Waals surface area contributed by atoms with Crippen molar-refractivity contribution in [2.24, 2.45) is 0 Å². The molecule has 1 aliphatic heterocycles. The summed E-state index contributed by atoms with van der Waals surface area (Å²) in [6, 6.07) is 41.6. The summed E-state index contributed by atoms with van der Waals surface area (Å²) in [6.07, 6.45) is 1.02. The van der Waals surface area contributed by atoms with Crippen LogP contribution in [0.5, 0.6) is 0 Å². The normalized spacial score (nSPS) is 12.6. The van der Waals surface area contributed by atoms with Gasteiger partial charge in [-0.05, 0) is 22.3 Å². The van der Waals surface area contributed by atoms with Crippen LogP contribution in [0.25, 0.3) is 22.3 Å². The monoisotopic (exact) mass is 442 g/mol. The molecule has 0 atom stereocenters. The summed E-state index contributed by atoms with van der Waals surface area (Å²) in [5, 5.41) is 0. The first-order valence-electron chi connectivity index (χ1n) is 10.3. The molecule has 4 aromatic carbocycles. The molecule has 0 spiro atoms. The minimum atomic E-state index is 0.250. The summed E-state index contributed by atoms with van der Waals surface area (Å²) in [5.74, 6) is 2.29. The Hall–Kier alpha value is -2.75. The molecule has 0 amide bonds. The van der Waals surface area contributed by atoms with E-state index in [1.54, 1.807) is 23.5 Å². The summed E-state index contributed by atoms with van der Waals surface area (Å²) in [4.78, 5) is 9.97. The van der Waals surface area contributed by atoms with Crippen LogP contribution in [0.2, 0.25) is 0 Å². The predicted octanol–water partition coefficient (Wildman–Crippen LogP) is 7.70. The number of carbonyl (C=O) groups excluding carboxylic acids is 1. The Morgan fingerprint density at radius 2 is 0.742 bits per heavy atom. The number of carbonyl (C=O) groups is 1. The molecule has 1 aliphatic rings. The molecular weight excluding hydrogens is 416 g/mol. The highest BCUT2D eigenvalue weighted by Gasteiger charge is 2.13. The lowest BCUT2D eigenvalue weighted by Gasteiger charge is -1.98. The van der Waals surface area contributed by atoms with Crippen LogP contribution in [0.15, 0.2) is 121 Å². The second-order valence-electron chi connectivity index (χ2n) is 6.71. The van der Waals surface area contributed by atoms with Crippen LogP contribution in [-0.4, -0.2) is 22.4 Å². The minimum absolute atomic E-state index is 0.250. The van der Waals surface area contributed by atoms with Crippen molar-refractivity contribution in [2.75, 3.05) is 11.5 Å². The van der Waals surface area contributed by atoms with Crippen LogP contribution in [0.4, 0.5) is 0 Å². The van der Waals surface area contributed by atoms with E-state index in [0.717, 1.165) is 17.8 Å². The van der Waals surface area contributed by atoms with E-state index in [0.29, 0.717) is 0 Å². The van der Waals surface area contributed by atoms with Crippen LogP contribution in [0, 0.1) is 0 Å². The highest BCUT2D eigenvalue weighted by atomic mass is 32.2. The Balaban J connectivity index is 0.000000137. The third kappa shape index (κ3) is 8.12. The first-order chi connectivity index (χ1) is 15.4. The Morgan fingerprint density at radius 1 is 0.484 bits per heavy atom. The number of hydrogen-bond acceptors (Lipinski definition) is 3. The predicted molar refractivity (Wildman–Crippen MR) is 139 cm³/mol. The second kappa shape index (κ2) is 13.5. The fourth-order valence-corrected chi connectivity index (χ4v) is 5.33. The van der Waals surface area contributed by atoms with E-state index in [-0.39, 0.29) is 4.58 Å². The van der Waals surface area contributed by atoms with Gasteiger partial charge < -0.3 is 4.79 Å². The van der Waals surface area contributed by atoms with Crippen molar-refractivity contribution in [1.82, 2.24) is 0 Å². The highest BCUT2D eigenvalue weighted by molar-refractivity contribution is 8.21. The van der Waals surface area contributed by atoms with Gasteiger partial charge in [0.2, 0.25) is 0 Å². The molecule has 5 rings (SSSR count). The first kappa shape index (κ1) is 22.9. The van der Waals surface area contributed by atoms with Gasteiger partial charge in [-0.2, -0.15) is 0 Å². The van der Waals surface area contributed by atoms with Crippen LogP contribution in [-0.2, 0) is 4.79 Å². The van der Waals surface area contributed by atoms with Gasteiger partial charge >= 0.3 is 0 Å². The van der Waals surface area contributed by atoms with E-state index in [1.807, 2.05) is 24.3 Å². The lowest BCUT2D eigenvalue weighted by Crippen LogP contribution is -1.89. The number of rotatable bonds is 3. The quantitative estimate of drug-likeness (QED) is 0.303. The number of hydrogen-bond donors (Lipinski definition) is 0. The third-order valence-electron chi connectivity index (χ3n) is 4.52. The van der Waals surface area contributed by atoms with E-state index < -0.39 is 0 Å². The number of thioether (sulfide) groups is 2. The fourth-order valence-electron chi connectivity index (χ4n) is 2.98. The molecule has 0 unspecified atom stereocenters. The zero-order chi connectivity index (χ0) is 21.6. The van der Waals surface area contributed by atoms with Gasteiger partial charge in [0.15, 0.2) is 0 Å². The number of benzene rings is 4. The Morgan fingerprint density at radius 3 is 0.935 bits per heavy atom. The summed E-state index contributed by atoms with van der Waals surface area (Å²) in [7, 11) is 0. The van der Waals surface area contributed by atoms with E-state index >= 15 is 0 Å². The maximum Gasteiger partial charge on any atom is 0.142 e. The summed E-state index contributed by atoms with van der Waals surface area (Å²) < 4.78 is 0.250. The molecule has 3 heteroatoms. The van der Waals surface area contributed by atoms with Gasteiger partial charge in [0.1, 0.15) is 10.9 Å². The van der Waals surface area contributed by atoms with Crippen molar-refractivity contribution < 1.29 is 4.79 Å². The van der Waals surface area contributed by atoms with Crippen molar-refractivity contribution in [3.63, 3.8) is 0 Å². The average Bonchev–Trinajstić information content (AvgIpc) is 3.41. The van der Waals surface area contributed by atoms with Crippen LogP contribution >= 0.6 is 23.5 Å². The Bertz CT molecular complexity index is 834. The lowest BCUT2D eigenvalue weighted by atomic mass is 10.1. The highest BCUT2D eigenvalue weighted by Crippen LogP contribution is 2.29. The fraction of sp³-hybridized carbons (Fsp3) is 0.107. The molecule has 0 saturated carbocycles.